The van der Waals surface area contributed by atoms with Gasteiger partial charge >= 0.3 is 6.09 Å². The van der Waals surface area contributed by atoms with Crippen LogP contribution in [0, 0.1) is 5.82 Å². The number of halogens is 4. The number of aryl methyl sites for hydroxylation is 1. The summed E-state index contributed by atoms with van der Waals surface area (Å²) in [5.41, 5.74) is -0.397. The Labute approximate surface area is 213 Å². The predicted octanol–water partition coefficient (Wildman–Crippen LogP) is 5.63. The molecule has 0 aliphatic carbocycles. The fraction of sp³-hybridized carbons (Fsp3) is 0.667. The largest absolute Gasteiger partial charge is 0.486 e. The molecule has 1 amide bonds. The number of alkyl halides is 2. The van der Waals surface area contributed by atoms with Crippen LogP contribution in [0.3, 0.4) is 0 Å². The average molecular weight is 536 g/mol. The van der Waals surface area contributed by atoms with Gasteiger partial charge in [0, 0.05) is 19.2 Å². The molecule has 2 heterocycles. The van der Waals surface area contributed by atoms with Gasteiger partial charge in [-0.15, -0.1) is 0 Å². The van der Waals surface area contributed by atoms with E-state index in [2.05, 4.69) is 10.3 Å². The number of carbonyl (C=O) groups is 1. The number of nitrogens with one attached hydrogen (secondary N) is 1. The van der Waals surface area contributed by atoms with Crippen molar-refractivity contribution in [3.63, 3.8) is 0 Å². The van der Waals surface area contributed by atoms with Gasteiger partial charge < -0.3 is 24.3 Å². The Kier molecular flexibility index (Phi) is 9.21. The molecule has 0 radical (unpaired) electrons. The van der Waals surface area contributed by atoms with Crippen molar-refractivity contribution in [1.29, 1.82) is 0 Å². The van der Waals surface area contributed by atoms with Gasteiger partial charge in [0.15, 0.2) is 5.82 Å². The van der Waals surface area contributed by atoms with E-state index < -0.39 is 30.5 Å². The third kappa shape index (κ3) is 7.55. The first kappa shape index (κ1) is 28.2. The zero-order valence-electron chi connectivity index (χ0n) is 21.1. The molecule has 202 valence electrons. The van der Waals surface area contributed by atoms with Gasteiger partial charge in [0.2, 0.25) is 0 Å². The highest BCUT2D eigenvalue weighted by atomic mass is 35.5. The van der Waals surface area contributed by atoms with E-state index in [1.165, 1.54) is 4.57 Å². The zero-order valence-corrected chi connectivity index (χ0v) is 21.8. The smallest absolute Gasteiger partial charge is 0.407 e. The van der Waals surface area contributed by atoms with Gasteiger partial charge in [-0.2, -0.15) is 4.98 Å². The third-order valence-electron chi connectivity index (χ3n) is 5.61. The number of amides is 1. The summed E-state index contributed by atoms with van der Waals surface area (Å²) in [6.07, 6.45) is -0.508. The van der Waals surface area contributed by atoms with Crippen LogP contribution in [0.15, 0.2) is 6.07 Å². The van der Waals surface area contributed by atoms with E-state index >= 15 is 0 Å². The molecule has 0 saturated carbocycles. The standard InChI is InChI=1S/C24H33ClF3N3O5/c1-13(29-23(32)36-24(2,3)4)6-7-14-8-9-15(11-33-14)35-22-30-20-16(26)10-17(34-12-18(27)28)19(25)21(20)31(22)5/h10,13-15,18H,6-9,11-12H2,1-5H3,(H,29,32)/t13-,14+,15+/m0/s1. The Morgan fingerprint density at radius 2 is 2.08 bits per heavy atom. The number of imidazole rings is 1. The van der Waals surface area contributed by atoms with E-state index in [-0.39, 0.29) is 46.1 Å². The maximum Gasteiger partial charge on any atom is 0.407 e. The molecule has 0 bridgehead atoms. The number of alkyl carbamates (subject to hydrolysis) is 1. The SMILES string of the molecule is C[C@@H](CC[C@@H]1CC[C@@H](Oc2nc3c(F)cc(OCC(F)F)c(Cl)c3n2C)CO1)NC(=O)OC(C)(C)C. The second-order valence-corrected chi connectivity index (χ2v) is 10.3. The number of hydrogen-bond donors (Lipinski definition) is 1. The maximum absolute atomic E-state index is 14.6. The number of hydrogen-bond acceptors (Lipinski definition) is 6. The number of nitrogens with zero attached hydrogens (tertiary/aromatic N) is 2. The molecule has 12 heteroatoms. The summed E-state index contributed by atoms with van der Waals surface area (Å²) >= 11 is 6.29. The van der Waals surface area contributed by atoms with Crippen LogP contribution in [0.1, 0.15) is 53.4 Å². The molecule has 1 fully saturated rings. The lowest BCUT2D eigenvalue weighted by Gasteiger charge is -2.30. The van der Waals surface area contributed by atoms with Crippen molar-refractivity contribution in [1.82, 2.24) is 14.9 Å². The molecule has 36 heavy (non-hydrogen) atoms. The van der Waals surface area contributed by atoms with Gasteiger partial charge in [0.05, 0.1) is 18.2 Å². The van der Waals surface area contributed by atoms with Crippen LogP contribution in [-0.4, -0.2) is 59.1 Å². The molecule has 1 aliphatic rings. The number of carbonyl (C=O) groups excluding carboxylic acids is 1. The molecule has 0 unspecified atom stereocenters. The molecular weight excluding hydrogens is 503 g/mol. The fourth-order valence-electron chi connectivity index (χ4n) is 3.89. The van der Waals surface area contributed by atoms with E-state index in [0.29, 0.717) is 13.0 Å². The molecule has 1 aromatic carbocycles. The Bertz CT molecular complexity index is 1050. The van der Waals surface area contributed by atoms with Crippen molar-refractivity contribution in [3.8, 4) is 11.8 Å². The van der Waals surface area contributed by atoms with E-state index in [1.54, 1.807) is 7.05 Å². The number of aromatic nitrogens is 2. The first-order valence-corrected chi connectivity index (χ1v) is 12.2. The van der Waals surface area contributed by atoms with Crippen molar-refractivity contribution >= 4 is 28.7 Å². The molecule has 3 atom stereocenters. The molecular formula is C24H33ClF3N3O5. The fourth-order valence-corrected chi connectivity index (χ4v) is 4.22. The molecule has 3 rings (SSSR count). The molecule has 1 aromatic heterocycles. The van der Waals surface area contributed by atoms with Crippen LogP contribution < -0.4 is 14.8 Å². The van der Waals surface area contributed by atoms with Crippen molar-refractivity contribution in [3.05, 3.63) is 16.9 Å². The lowest BCUT2D eigenvalue weighted by molar-refractivity contribution is -0.0529. The summed E-state index contributed by atoms with van der Waals surface area (Å²) in [5, 5.41) is 2.80. The Balaban J connectivity index is 1.53. The molecule has 1 N–H and O–H groups in total. The highest BCUT2D eigenvalue weighted by Crippen LogP contribution is 2.37. The van der Waals surface area contributed by atoms with Crippen molar-refractivity contribution in [2.75, 3.05) is 13.2 Å². The van der Waals surface area contributed by atoms with Crippen molar-refractivity contribution in [2.45, 2.75) is 83.7 Å². The molecule has 8 nitrogen and oxygen atoms in total. The highest BCUT2D eigenvalue weighted by Gasteiger charge is 2.27. The summed E-state index contributed by atoms with van der Waals surface area (Å²) in [6, 6.07) is 1.02. The van der Waals surface area contributed by atoms with Crippen LogP contribution >= 0.6 is 11.6 Å². The second kappa shape index (κ2) is 11.8. The van der Waals surface area contributed by atoms with Crippen molar-refractivity contribution < 1.29 is 36.9 Å². The van der Waals surface area contributed by atoms with E-state index in [1.807, 2.05) is 27.7 Å². The van der Waals surface area contributed by atoms with Crippen LogP contribution in [-0.2, 0) is 16.5 Å². The lowest BCUT2D eigenvalue weighted by Crippen LogP contribution is -2.39. The normalized spacial score (nSPS) is 19.4. The number of ether oxygens (including phenoxy) is 4. The van der Waals surface area contributed by atoms with Gasteiger partial charge in [-0.3, -0.25) is 4.57 Å². The van der Waals surface area contributed by atoms with E-state index in [0.717, 1.165) is 25.3 Å². The summed E-state index contributed by atoms with van der Waals surface area (Å²) < 4.78 is 63.1. The summed E-state index contributed by atoms with van der Waals surface area (Å²) in [6.45, 7) is 6.77. The molecule has 1 saturated heterocycles. The maximum atomic E-state index is 14.6. The summed E-state index contributed by atoms with van der Waals surface area (Å²) in [4.78, 5) is 16.1. The van der Waals surface area contributed by atoms with Crippen molar-refractivity contribution in [2.24, 2.45) is 7.05 Å². The molecule has 1 aliphatic heterocycles. The quantitative estimate of drug-likeness (QED) is 0.448. The van der Waals surface area contributed by atoms with Crippen LogP contribution in [0.25, 0.3) is 11.0 Å². The van der Waals surface area contributed by atoms with Gasteiger partial charge in [-0.1, -0.05) is 11.6 Å². The van der Waals surface area contributed by atoms with Gasteiger partial charge in [0.25, 0.3) is 12.4 Å². The third-order valence-corrected chi connectivity index (χ3v) is 5.98. The summed E-state index contributed by atoms with van der Waals surface area (Å²) in [7, 11) is 1.60. The number of rotatable bonds is 9. The van der Waals surface area contributed by atoms with Crippen LogP contribution in [0.2, 0.25) is 5.02 Å². The van der Waals surface area contributed by atoms with E-state index in [9.17, 15) is 18.0 Å². The first-order chi connectivity index (χ1) is 16.8. The van der Waals surface area contributed by atoms with Crippen LogP contribution in [0.5, 0.6) is 11.8 Å². The Hall–Kier alpha value is -2.40. The molecule has 2 aromatic rings. The average Bonchev–Trinajstić information content (AvgIpc) is 3.10. The minimum absolute atomic E-state index is 0.0223. The van der Waals surface area contributed by atoms with Gasteiger partial charge in [-0.25, -0.2) is 18.0 Å². The predicted molar refractivity (Wildman–Crippen MR) is 129 cm³/mol. The minimum atomic E-state index is -2.72. The van der Waals surface area contributed by atoms with Crippen LogP contribution in [0.4, 0.5) is 18.0 Å². The number of benzene rings is 1. The highest BCUT2D eigenvalue weighted by molar-refractivity contribution is 6.36. The van der Waals surface area contributed by atoms with Gasteiger partial charge in [-0.05, 0) is 53.4 Å². The Morgan fingerprint density at radius 3 is 2.69 bits per heavy atom. The number of fused-ring (bicyclic) bond motifs is 1. The molecule has 0 spiro atoms. The Morgan fingerprint density at radius 1 is 1.36 bits per heavy atom. The monoisotopic (exact) mass is 535 g/mol. The van der Waals surface area contributed by atoms with Gasteiger partial charge in [0.1, 0.15) is 34.6 Å². The lowest BCUT2D eigenvalue weighted by atomic mass is 10.0. The zero-order chi connectivity index (χ0) is 26.6. The summed E-state index contributed by atoms with van der Waals surface area (Å²) in [5.74, 6) is -0.936. The topological polar surface area (TPSA) is 83.8 Å². The first-order valence-electron chi connectivity index (χ1n) is 11.9. The second-order valence-electron chi connectivity index (χ2n) is 9.92. The minimum Gasteiger partial charge on any atom is -0.486 e. The van der Waals surface area contributed by atoms with E-state index in [4.69, 9.17) is 30.5 Å².